The number of halogens is 6. The molecule has 96 valence electrons. The summed E-state index contributed by atoms with van der Waals surface area (Å²) in [5.41, 5.74) is 0. The first-order valence-electron chi connectivity index (χ1n) is 4.19. The molecule has 0 heterocycles. The van der Waals surface area contributed by atoms with Crippen molar-refractivity contribution in [3.8, 4) is 11.5 Å². The zero-order valence-corrected chi connectivity index (χ0v) is 8.01. The smallest absolute Gasteiger partial charge is 0.439 e. The van der Waals surface area contributed by atoms with Crippen LogP contribution in [0, 0.1) is 0 Å². The molecule has 0 radical (unpaired) electrons. The number of ether oxygens (including phenoxy) is 1. The maximum Gasteiger partial charge on any atom is 0.439 e. The first kappa shape index (κ1) is 13.5. The number of alkyl halides is 6. The second-order valence-electron chi connectivity index (χ2n) is 3.06. The zero-order chi connectivity index (χ0) is 13.3. The van der Waals surface area contributed by atoms with Gasteiger partial charge in [0.05, 0.1) is 0 Å². The van der Waals surface area contributed by atoms with E-state index in [0.717, 1.165) is 24.3 Å². The van der Waals surface area contributed by atoms with Crippen LogP contribution in [0.25, 0.3) is 0 Å². The lowest BCUT2D eigenvalue weighted by atomic mass is 10.3. The number of hydrogen-bond donors (Lipinski definition) is 1. The van der Waals surface area contributed by atoms with Crippen molar-refractivity contribution in [2.75, 3.05) is 0 Å². The average Bonchev–Trinajstić information content (AvgIpc) is 2.19. The predicted molar refractivity (Wildman–Crippen MR) is 44.6 cm³/mol. The third-order valence-corrected chi connectivity index (χ3v) is 1.67. The monoisotopic (exact) mass is 260 g/mol. The molecule has 1 rings (SSSR count). The van der Waals surface area contributed by atoms with Crippen LogP contribution < -0.4 is 4.74 Å². The minimum absolute atomic E-state index is 0.298. The van der Waals surface area contributed by atoms with Crippen molar-refractivity contribution >= 4 is 0 Å². The highest BCUT2D eigenvalue weighted by molar-refractivity contribution is 5.30. The van der Waals surface area contributed by atoms with Crippen LogP contribution in [0.5, 0.6) is 11.5 Å². The van der Waals surface area contributed by atoms with Gasteiger partial charge in [0, 0.05) is 0 Å². The number of phenols is 1. The zero-order valence-electron chi connectivity index (χ0n) is 8.01. The van der Waals surface area contributed by atoms with Gasteiger partial charge in [-0.2, -0.15) is 22.0 Å². The van der Waals surface area contributed by atoms with Gasteiger partial charge in [-0.1, -0.05) is 0 Å². The Labute approximate surface area is 91.4 Å². The summed E-state index contributed by atoms with van der Waals surface area (Å²) in [6, 6.07) is 3.39. The van der Waals surface area contributed by atoms with Crippen LogP contribution in [-0.4, -0.2) is 23.6 Å². The molecule has 1 unspecified atom stereocenters. The Morgan fingerprint density at radius 3 is 1.88 bits per heavy atom. The fraction of sp³-hybridized carbons (Fsp3) is 0.333. The van der Waals surface area contributed by atoms with Gasteiger partial charge in [-0.25, -0.2) is 4.39 Å². The Hall–Kier alpha value is -1.60. The van der Waals surface area contributed by atoms with Crippen molar-refractivity contribution in [2.24, 2.45) is 0 Å². The van der Waals surface area contributed by atoms with Gasteiger partial charge in [0.15, 0.2) is 0 Å². The van der Waals surface area contributed by atoms with Crippen molar-refractivity contribution in [3.05, 3.63) is 24.3 Å². The van der Waals surface area contributed by atoms with Crippen LogP contribution in [0.3, 0.4) is 0 Å². The lowest BCUT2D eigenvalue weighted by molar-refractivity contribution is -0.304. The highest BCUT2D eigenvalue weighted by Gasteiger charge is 2.59. The standard InChI is InChI=1S/C9H6F6O2/c10-7(8(11,12)13)9(14,15)17-6-3-1-5(16)2-4-6/h1-4,7,16H. The van der Waals surface area contributed by atoms with E-state index in [1.165, 1.54) is 0 Å². The molecule has 1 N–H and O–H groups in total. The fourth-order valence-electron chi connectivity index (χ4n) is 0.914. The van der Waals surface area contributed by atoms with Gasteiger partial charge in [-0.15, -0.1) is 0 Å². The van der Waals surface area contributed by atoms with Crippen molar-refractivity contribution in [1.82, 2.24) is 0 Å². The summed E-state index contributed by atoms with van der Waals surface area (Å²) < 4.78 is 76.7. The van der Waals surface area contributed by atoms with Crippen molar-refractivity contribution in [1.29, 1.82) is 0 Å². The molecular formula is C9H6F6O2. The Morgan fingerprint density at radius 1 is 1.00 bits per heavy atom. The number of hydrogen-bond acceptors (Lipinski definition) is 2. The number of rotatable bonds is 3. The normalized spacial score (nSPS) is 14.5. The molecule has 0 saturated heterocycles. The minimum atomic E-state index is -5.72. The van der Waals surface area contributed by atoms with Gasteiger partial charge in [0.2, 0.25) is 0 Å². The van der Waals surface area contributed by atoms with E-state index < -0.39 is 24.2 Å². The van der Waals surface area contributed by atoms with Crippen molar-refractivity contribution in [2.45, 2.75) is 18.5 Å². The second-order valence-corrected chi connectivity index (χ2v) is 3.06. The lowest BCUT2D eigenvalue weighted by Gasteiger charge is -2.22. The van der Waals surface area contributed by atoms with Crippen LogP contribution in [0.15, 0.2) is 24.3 Å². The van der Waals surface area contributed by atoms with E-state index in [0.29, 0.717) is 0 Å². The average molecular weight is 260 g/mol. The van der Waals surface area contributed by atoms with Crippen LogP contribution in [0.1, 0.15) is 0 Å². The number of aromatic hydroxyl groups is 1. The Balaban J connectivity index is 2.82. The summed E-state index contributed by atoms with van der Waals surface area (Å²) >= 11 is 0. The quantitative estimate of drug-likeness (QED) is 0.845. The Bertz CT molecular complexity index is 372. The van der Waals surface area contributed by atoms with Crippen LogP contribution in [-0.2, 0) is 0 Å². The minimum Gasteiger partial charge on any atom is -0.508 e. The molecule has 0 spiro atoms. The Morgan fingerprint density at radius 2 is 1.47 bits per heavy atom. The third-order valence-electron chi connectivity index (χ3n) is 1.67. The predicted octanol–water partition coefficient (Wildman–Crippen LogP) is 3.26. The van der Waals surface area contributed by atoms with E-state index in [4.69, 9.17) is 5.11 Å². The molecule has 0 aliphatic heterocycles. The van der Waals surface area contributed by atoms with Gasteiger partial charge >= 0.3 is 12.3 Å². The van der Waals surface area contributed by atoms with Gasteiger partial charge in [0.25, 0.3) is 6.17 Å². The van der Waals surface area contributed by atoms with E-state index in [9.17, 15) is 26.3 Å². The molecule has 8 heteroatoms. The summed E-state index contributed by atoms with van der Waals surface area (Å²) in [6.45, 7) is 0. The molecule has 1 aromatic carbocycles. The molecule has 1 atom stereocenters. The summed E-state index contributed by atoms with van der Waals surface area (Å²) in [6.07, 6.45) is -15.2. The second kappa shape index (κ2) is 4.34. The lowest BCUT2D eigenvalue weighted by Crippen LogP contribution is -2.45. The third kappa shape index (κ3) is 3.43. The van der Waals surface area contributed by atoms with E-state index in [-0.39, 0.29) is 5.75 Å². The van der Waals surface area contributed by atoms with E-state index in [1.807, 2.05) is 0 Å². The Kier molecular flexibility index (Phi) is 3.44. The molecule has 0 amide bonds. The molecular weight excluding hydrogens is 254 g/mol. The van der Waals surface area contributed by atoms with Crippen LogP contribution >= 0.6 is 0 Å². The van der Waals surface area contributed by atoms with Crippen molar-refractivity contribution < 1.29 is 36.2 Å². The van der Waals surface area contributed by atoms with Gasteiger partial charge in [-0.05, 0) is 24.3 Å². The topological polar surface area (TPSA) is 29.5 Å². The molecule has 1 aromatic rings. The van der Waals surface area contributed by atoms with E-state index >= 15 is 0 Å². The summed E-state index contributed by atoms with van der Waals surface area (Å²) in [7, 11) is 0. The molecule has 0 aliphatic carbocycles. The molecule has 2 nitrogen and oxygen atoms in total. The molecule has 0 saturated carbocycles. The number of phenolic OH excluding ortho intramolecular Hbond substituents is 1. The first-order chi connectivity index (χ1) is 7.63. The van der Waals surface area contributed by atoms with Gasteiger partial charge in [-0.3, -0.25) is 0 Å². The van der Waals surface area contributed by atoms with E-state index in [2.05, 4.69) is 4.74 Å². The first-order valence-corrected chi connectivity index (χ1v) is 4.19. The summed E-state index contributed by atoms with van der Waals surface area (Å²) in [5.74, 6) is -0.993. The fourth-order valence-corrected chi connectivity index (χ4v) is 0.914. The van der Waals surface area contributed by atoms with Crippen LogP contribution in [0.4, 0.5) is 26.3 Å². The molecule has 17 heavy (non-hydrogen) atoms. The maximum atomic E-state index is 12.7. The molecule has 0 aromatic heterocycles. The molecule has 0 aliphatic rings. The maximum absolute atomic E-state index is 12.7. The largest absolute Gasteiger partial charge is 0.508 e. The van der Waals surface area contributed by atoms with Gasteiger partial charge < -0.3 is 9.84 Å². The highest BCUT2D eigenvalue weighted by Crippen LogP contribution is 2.36. The molecule has 0 fully saturated rings. The van der Waals surface area contributed by atoms with E-state index in [1.54, 1.807) is 0 Å². The SMILES string of the molecule is Oc1ccc(OC(F)(F)C(F)C(F)(F)F)cc1. The number of benzene rings is 1. The summed E-state index contributed by atoms with van der Waals surface area (Å²) in [5, 5.41) is 8.80. The van der Waals surface area contributed by atoms with Gasteiger partial charge in [0.1, 0.15) is 11.5 Å². The summed E-state index contributed by atoms with van der Waals surface area (Å²) in [4.78, 5) is 0. The highest BCUT2D eigenvalue weighted by atomic mass is 19.4. The van der Waals surface area contributed by atoms with Crippen LogP contribution in [0.2, 0.25) is 0 Å². The molecule has 0 bridgehead atoms. The van der Waals surface area contributed by atoms with Crippen molar-refractivity contribution in [3.63, 3.8) is 0 Å².